The molecule has 1 aromatic carbocycles. The van der Waals surface area contributed by atoms with Gasteiger partial charge in [0.1, 0.15) is 22.7 Å². The Morgan fingerprint density at radius 1 is 1.05 bits per heavy atom. The smallest absolute Gasteiger partial charge is 0.245 e. The quantitative estimate of drug-likeness (QED) is 0.186. The molecule has 3 aromatic heterocycles. The van der Waals surface area contributed by atoms with E-state index in [9.17, 15) is 14.4 Å². The molecule has 0 spiro atoms. The molecule has 38 heavy (non-hydrogen) atoms. The Bertz CT molecular complexity index is 1580. The Labute approximate surface area is 227 Å². The summed E-state index contributed by atoms with van der Waals surface area (Å²) >= 11 is 3.33. The van der Waals surface area contributed by atoms with Gasteiger partial charge in [-0.2, -0.15) is 5.10 Å². The van der Waals surface area contributed by atoms with Crippen molar-refractivity contribution in [3.8, 4) is 11.1 Å². The summed E-state index contributed by atoms with van der Waals surface area (Å²) in [6.45, 7) is 3.51. The Balaban J connectivity index is 1.41. The highest BCUT2D eigenvalue weighted by molar-refractivity contribution is 9.10. The molecule has 9 nitrogen and oxygen atoms in total. The minimum absolute atomic E-state index is 0.0759. The average Bonchev–Trinajstić information content (AvgIpc) is 3.27. The third-order valence-electron chi connectivity index (χ3n) is 6.51. The van der Waals surface area contributed by atoms with Crippen molar-refractivity contribution in [3.05, 3.63) is 82.8 Å². The average molecular weight is 573 g/mol. The number of rotatable bonds is 7. The predicted octanol–water partition coefficient (Wildman–Crippen LogP) is 4.13. The number of hydrogen-bond acceptors (Lipinski definition) is 7. The predicted molar refractivity (Wildman–Crippen MR) is 145 cm³/mol. The van der Waals surface area contributed by atoms with Crippen LogP contribution in [0.1, 0.15) is 35.4 Å². The van der Waals surface area contributed by atoms with Crippen LogP contribution in [-0.4, -0.2) is 59.7 Å². The number of fused-ring (bicyclic) bond motifs is 1. The number of nitrogens with zero attached hydrogens (tertiary/aromatic N) is 6. The minimum Gasteiger partial charge on any atom is -0.327 e. The Kier molecular flexibility index (Phi) is 7.24. The van der Waals surface area contributed by atoms with Crippen molar-refractivity contribution in [1.82, 2.24) is 29.6 Å². The molecule has 1 atom stereocenters. The van der Waals surface area contributed by atoms with E-state index < -0.39 is 6.04 Å². The third kappa shape index (κ3) is 5.31. The monoisotopic (exact) mass is 572 g/mol. The molecule has 4 aromatic rings. The molecule has 5 rings (SSSR count). The molecule has 0 fully saturated rings. The maximum absolute atomic E-state index is 13.5. The van der Waals surface area contributed by atoms with Crippen LogP contribution in [0.2, 0.25) is 0 Å². The molecular formula is C28H25BrN6O3. The van der Waals surface area contributed by atoms with Gasteiger partial charge in [0.25, 0.3) is 0 Å². The van der Waals surface area contributed by atoms with Crippen LogP contribution in [0.4, 0.5) is 0 Å². The second-order valence-electron chi connectivity index (χ2n) is 9.18. The lowest BCUT2D eigenvalue weighted by molar-refractivity contribution is -0.139. The molecule has 1 aliphatic rings. The van der Waals surface area contributed by atoms with Gasteiger partial charge in [-0.3, -0.25) is 19.1 Å². The molecule has 1 amide bonds. The van der Waals surface area contributed by atoms with Crippen LogP contribution in [-0.2, 0) is 22.6 Å². The van der Waals surface area contributed by atoms with E-state index in [2.05, 4.69) is 36.0 Å². The van der Waals surface area contributed by atoms with Gasteiger partial charge in [0, 0.05) is 42.5 Å². The first kappa shape index (κ1) is 25.6. The standard InChI is InChI=1S/C28H25BrN6O3/c1-17(36)28-22-12-19(20-14-30-18(2)31-15-20)9-10-23(22)35(33-28)16-27(38)34-11-4-3-7-24(34)25(37)13-21-6-5-8-26(29)32-21/h3-6,8-10,12,14-15,24H,7,11,13,16H2,1-2H3/t24-/m0/s1. The largest absolute Gasteiger partial charge is 0.327 e. The summed E-state index contributed by atoms with van der Waals surface area (Å²) in [5.74, 6) is 0.148. The van der Waals surface area contributed by atoms with E-state index in [4.69, 9.17) is 0 Å². The van der Waals surface area contributed by atoms with Gasteiger partial charge < -0.3 is 4.90 Å². The van der Waals surface area contributed by atoms with Gasteiger partial charge in [-0.05, 0) is 59.1 Å². The van der Waals surface area contributed by atoms with Gasteiger partial charge in [-0.25, -0.2) is 15.0 Å². The lowest BCUT2D eigenvalue weighted by Gasteiger charge is -2.32. The SMILES string of the molecule is CC(=O)c1nn(CC(=O)N2CC=CC[C@H]2C(=O)Cc2cccc(Br)n2)c2ccc(-c3cnc(C)nc3)cc12. The van der Waals surface area contributed by atoms with Crippen LogP contribution >= 0.6 is 15.9 Å². The van der Waals surface area contributed by atoms with Gasteiger partial charge in [0.2, 0.25) is 5.91 Å². The molecule has 0 N–H and O–H groups in total. The van der Waals surface area contributed by atoms with E-state index in [1.807, 2.05) is 43.3 Å². The van der Waals surface area contributed by atoms with Crippen molar-refractivity contribution >= 4 is 44.3 Å². The Morgan fingerprint density at radius 3 is 2.58 bits per heavy atom. The fourth-order valence-corrected chi connectivity index (χ4v) is 4.97. The summed E-state index contributed by atoms with van der Waals surface area (Å²) in [5.41, 5.74) is 3.25. The molecule has 0 radical (unpaired) electrons. The molecule has 0 bridgehead atoms. The van der Waals surface area contributed by atoms with Crippen LogP contribution in [0.25, 0.3) is 22.0 Å². The van der Waals surface area contributed by atoms with Crippen molar-refractivity contribution in [3.63, 3.8) is 0 Å². The van der Waals surface area contributed by atoms with Gasteiger partial charge in [0.05, 0.1) is 18.0 Å². The molecule has 192 valence electrons. The number of Topliss-reactive ketones (excluding diaryl/α,β-unsaturated/α-hetero) is 2. The summed E-state index contributed by atoms with van der Waals surface area (Å²) in [6.07, 6.45) is 7.85. The highest BCUT2D eigenvalue weighted by Crippen LogP contribution is 2.27. The Morgan fingerprint density at radius 2 is 1.84 bits per heavy atom. The van der Waals surface area contributed by atoms with Crippen molar-refractivity contribution in [2.24, 2.45) is 0 Å². The normalized spacial score (nSPS) is 15.1. The summed E-state index contributed by atoms with van der Waals surface area (Å²) in [5, 5.41) is 5.14. The van der Waals surface area contributed by atoms with Crippen LogP contribution in [0.3, 0.4) is 0 Å². The van der Waals surface area contributed by atoms with E-state index in [0.717, 1.165) is 11.1 Å². The van der Waals surface area contributed by atoms with Crippen molar-refractivity contribution in [2.45, 2.75) is 39.3 Å². The Hall–Kier alpha value is -4.05. The first-order valence-electron chi connectivity index (χ1n) is 12.2. The molecular weight excluding hydrogens is 548 g/mol. The maximum atomic E-state index is 13.5. The second-order valence-corrected chi connectivity index (χ2v) is 9.99. The molecule has 0 saturated carbocycles. The van der Waals surface area contributed by atoms with Gasteiger partial charge >= 0.3 is 0 Å². The number of carbonyl (C=O) groups excluding carboxylic acids is 3. The fraction of sp³-hybridized carbons (Fsp3) is 0.250. The van der Waals surface area contributed by atoms with Crippen molar-refractivity contribution < 1.29 is 14.4 Å². The zero-order chi connectivity index (χ0) is 26.8. The first-order chi connectivity index (χ1) is 18.3. The number of amides is 1. The number of carbonyl (C=O) groups is 3. The van der Waals surface area contributed by atoms with E-state index in [1.165, 1.54) is 6.92 Å². The van der Waals surface area contributed by atoms with Crippen LogP contribution in [0, 0.1) is 6.92 Å². The summed E-state index contributed by atoms with van der Waals surface area (Å²) in [7, 11) is 0. The zero-order valence-corrected chi connectivity index (χ0v) is 22.6. The number of aromatic nitrogens is 5. The summed E-state index contributed by atoms with van der Waals surface area (Å²) < 4.78 is 2.20. The molecule has 4 heterocycles. The highest BCUT2D eigenvalue weighted by atomic mass is 79.9. The zero-order valence-electron chi connectivity index (χ0n) is 21.0. The number of pyridine rings is 1. The van der Waals surface area contributed by atoms with Crippen LogP contribution in [0.5, 0.6) is 0 Å². The lowest BCUT2D eigenvalue weighted by Crippen LogP contribution is -2.48. The topological polar surface area (TPSA) is 111 Å². The van der Waals surface area contributed by atoms with Gasteiger partial charge in [-0.15, -0.1) is 0 Å². The van der Waals surface area contributed by atoms with E-state index in [0.29, 0.717) is 40.0 Å². The number of halogens is 1. The van der Waals surface area contributed by atoms with E-state index in [-0.39, 0.29) is 36.1 Å². The number of benzene rings is 1. The van der Waals surface area contributed by atoms with E-state index in [1.54, 1.807) is 34.1 Å². The summed E-state index contributed by atoms with van der Waals surface area (Å²) in [4.78, 5) is 53.5. The first-order valence-corrected chi connectivity index (χ1v) is 13.0. The molecule has 10 heteroatoms. The van der Waals surface area contributed by atoms with Crippen molar-refractivity contribution in [2.75, 3.05) is 6.54 Å². The second kappa shape index (κ2) is 10.7. The molecule has 1 aliphatic heterocycles. The summed E-state index contributed by atoms with van der Waals surface area (Å²) in [6, 6.07) is 10.4. The van der Waals surface area contributed by atoms with Gasteiger partial charge in [-0.1, -0.05) is 24.3 Å². The van der Waals surface area contributed by atoms with E-state index >= 15 is 0 Å². The molecule has 0 unspecified atom stereocenters. The van der Waals surface area contributed by atoms with Crippen LogP contribution < -0.4 is 0 Å². The maximum Gasteiger partial charge on any atom is 0.245 e. The highest BCUT2D eigenvalue weighted by Gasteiger charge is 2.31. The number of hydrogen-bond donors (Lipinski definition) is 0. The third-order valence-corrected chi connectivity index (χ3v) is 6.95. The molecule has 0 saturated heterocycles. The fourth-order valence-electron chi connectivity index (χ4n) is 4.59. The van der Waals surface area contributed by atoms with Gasteiger partial charge in [0.15, 0.2) is 11.6 Å². The minimum atomic E-state index is -0.587. The van der Waals surface area contributed by atoms with Crippen molar-refractivity contribution in [1.29, 1.82) is 0 Å². The molecule has 0 aliphatic carbocycles. The lowest BCUT2D eigenvalue weighted by atomic mass is 9.99. The van der Waals surface area contributed by atoms with Crippen LogP contribution in [0.15, 0.2) is 65.5 Å². The number of ketones is 2. The number of aryl methyl sites for hydroxylation is 1.